The van der Waals surface area contributed by atoms with E-state index in [1.54, 1.807) is 0 Å². The summed E-state index contributed by atoms with van der Waals surface area (Å²) in [5.41, 5.74) is -4.30. The van der Waals surface area contributed by atoms with Crippen molar-refractivity contribution in [2.75, 3.05) is 0 Å². The molecule has 10 heteroatoms. The van der Waals surface area contributed by atoms with Crippen molar-refractivity contribution in [2.24, 2.45) is 0 Å². The highest BCUT2D eigenvalue weighted by Crippen LogP contribution is 2.30. The number of rotatable bonds is 7. The Morgan fingerprint density at radius 1 is 0.857 bits per heavy atom. The van der Waals surface area contributed by atoms with Gasteiger partial charge in [-0.1, -0.05) is 47.5 Å². The molecule has 0 saturated carbocycles. The van der Waals surface area contributed by atoms with Gasteiger partial charge in [0.2, 0.25) is 11.9 Å². The zero-order valence-electron chi connectivity index (χ0n) is 13.8. The number of benzene rings is 2. The largest absolute Gasteiger partial charge is 0.479 e. The fourth-order valence-electron chi connectivity index (χ4n) is 2.33. The van der Waals surface area contributed by atoms with Crippen LogP contribution < -0.4 is 0 Å². The molecule has 0 aliphatic carbocycles. The van der Waals surface area contributed by atoms with Gasteiger partial charge in [-0.25, -0.2) is 14.4 Å². The van der Waals surface area contributed by atoms with Crippen molar-refractivity contribution in [3.05, 3.63) is 69.7 Å². The van der Waals surface area contributed by atoms with Crippen LogP contribution >= 0.6 is 23.2 Å². The highest BCUT2D eigenvalue weighted by molar-refractivity contribution is 6.36. The first-order chi connectivity index (χ1) is 13.1. The van der Waals surface area contributed by atoms with Gasteiger partial charge in [0.15, 0.2) is 0 Å². The number of aliphatic hydroxyl groups excluding tert-OH is 1. The highest BCUT2D eigenvalue weighted by atomic mass is 35.5. The molecule has 0 fully saturated rings. The van der Waals surface area contributed by atoms with Gasteiger partial charge in [-0.3, -0.25) is 4.79 Å². The molecule has 2 unspecified atom stereocenters. The molecule has 2 aromatic carbocycles. The lowest BCUT2D eigenvalue weighted by molar-refractivity contribution is -0.176. The summed E-state index contributed by atoms with van der Waals surface area (Å²) in [7, 11) is 0. The van der Waals surface area contributed by atoms with E-state index in [4.69, 9.17) is 33.0 Å². The molecule has 0 aromatic heterocycles. The summed E-state index contributed by atoms with van der Waals surface area (Å²) in [4.78, 5) is 48.7. The van der Waals surface area contributed by atoms with E-state index in [9.17, 15) is 29.4 Å². The zero-order valence-corrected chi connectivity index (χ0v) is 15.3. The van der Waals surface area contributed by atoms with Crippen LogP contribution in [0.5, 0.6) is 0 Å². The van der Waals surface area contributed by atoms with Crippen LogP contribution in [-0.4, -0.2) is 50.7 Å². The quantitative estimate of drug-likeness (QED) is 0.348. The van der Waals surface area contributed by atoms with Crippen LogP contribution in [0.2, 0.25) is 10.0 Å². The Morgan fingerprint density at radius 3 is 1.75 bits per heavy atom. The van der Waals surface area contributed by atoms with Crippen molar-refractivity contribution in [2.45, 2.75) is 11.7 Å². The number of ether oxygens (including phenoxy) is 1. The van der Waals surface area contributed by atoms with Gasteiger partial charge in [0.25, 0.3) is 0 Å². The molecule has 2 atom stereocenters. The van der Waals surface area contributed by atoms with Crippen molar-refractivity contribution in [1.29, 1.82) is 0 Å². The third-order valence-electron chi connectivity index (χ3n) is 3.74. The summed E-state index contributed by atoms with van der Waals surface area (Å²) in [6.45, 7) is 0. The van der Waals surface area contributed by atoms with E-state index in [1.807, 2.05) is 0 Å². The fraction of sp³-hybridized carbons (Fsp3) is 0.111. The van der Waals surface area contributed by atoms with Crippen molar-refractivity contribution in [1.82, 2.24) is 0 Å². The number of carboxylic acids is 2. The van der Waals surface area contributed by atoms with Crippen molar-refractivity contribution in [3.63, 3.8) is 0 Å². The Balaban J connectivity index is 2.65. The van der Waals surface area contributed by atoms with Gasteiger partial charge in [0.05, 0.1) is 15.6 Å². The number of aliphatic hydroxyl groups is 1. The Hall–Kier alpha value is -2.94. The Morgan fingerprint density at radius 2 is 1.32 bits per heavy atom. The normalized spacial score (nSPS) is 13.8. The van der Waals surface area contributed by atoms with Gasteiger partial charge in [-0.15, -0.1) is 0 Å². The number of hydrogen-bond acceptors (Lipinski definition) is 6. The second kappa shape index (κ2) is 8.39. The SMILES string of the molecule is O=C(OC(C(=O)O)(C(=O)c1ccccc1Cl)C(O)C(=O)O)c1ccccc1Cl. The zero-order chi connectivity index (χ0) is 21.1. The molecule has 28 heavy (non-hydrogen) atoms. The molecule has 3 N–H and O–H groups in total. The lowest BCUT2D eigenvalue weighted by Gasteiger charge is -2.30. The third-order valence-corrected chi connectivity index (χ3v) is 4.40. The van der Waals surface area contributed by atoms with Crippen molar-refractivity contribution >= 4 is 46.9 Å². The molecule has 0 saturated heterocycles. The summed E-state index contributed by atoms with van der Waals surface area (Å²) in [5.74, 6) is -7.25. The number of carboxylic acid groups (broad SMARTS) is 2. The number of hydrogen-bond donors (Lipinski definition) is 3. The standard InChI is InChI=1S/C18H12Cl2O8/c19-11-7-3-1-5-9(11)13(21)18(17(26)27,14(22)15(23)24)28-16(25)10-6-2-4-8-12(10)20/h1-8,14,22H,(H,23,24)(H,26,27). The van der Waals surface area contributed by atoms with Crippen LogP contribution in [-0.2, 0) is 14.3 Å². The molecule has 0 aliphatic heterocycles. The number of carbonyl (C=O) groups is 4. The summed E-state index contributed by atoms with van der Waals surface area (Å²) in [6, 6.07) is 10.4. The molecule has 146 valence electrons. The topological polar surface area (TPSA) is 138 Å². The number of carbonyl (C=O) groups excluding carboxylic acids is 2. The number of aliphatic carboxylic acids is 2. The van der Waals surface area contributed by atoms with Gasteiger partial charge in [0, 0.05) is 5.56 Å². The Kier molecular flexibility index (Phi) is 6.40. The van der Waals surface area contributed by atoms with Gasteiger partial charge in [-0.05, 0) is 24.3 Å². The molecule has 0 spiro atoms. The molecule has 2 rings (SSSR count). The Bertz CT molecular complexity index is 958. The van der Waals surface area contributed by atoms with E-state index >= 15 is 0 Å². The molecule has 0 heterocycles. The first-order valence-corrected chi connectivity index (χ1v) is 8.30. The second-order valence-corrected chi connectivity index (χ2v) is 6.27. The molecular weight excluding hydrogens is 415 g/mol. The first-order valence-electron chi connectivity index (χ1n) is 7.54. The molecule has 2 aromatic rings. The predicted molar refractivity (Wildman–Crippen MR) is 96.7 cm³/mol. The van der Waals surface area contributed by atoms with E-state index in [1.165, 1.54) is 42.5 Å². The average Bonchev–Trinajstić information content (AvgIpc) is 2.65. The number of esters is 1. The maximum atomic E-state index is 12.9. The van der Waals surface area contributed by atoms with Crippen LogP contribution in [0.1, 0.15) is 20.7 Å². The number of ketones is 1. The van der Waals surface area contributed by atoms with E-state index in [2.05, 4.69) is 0 Å². The van der Waals surface area contributed by atoms with Crippen LogP contribution in [0.15, 0.2) is 48.5 Å². The predicted octanol–water partition coefficient (Wildman–Crippen LogP) is 2.30. The van der Waals surface area contributed by atoms with Gasteiger partial charge in [-0.2, -0.15) is 0 Å². The van der Waals surface area contributed by atoms with Crippen molar-refractivity contribution < 1.29 is 39.2 Å². The van der Waals surface area contributed by atoms with Crippen LogP contribution in [0.3, 0.4) is 0 Å². The lowest BCUT2D eigenvalue weighted by Crippen LogP contribution is -2.61. The van der Waals surface area contributed by atoms with Gasteiger partial charge < -0.3 is 20.1 Å². The highest BCUT2D eigenvalue weighted by Gasteiger charge is 2.60. The van der Waals surface area contributed by atoms with E-state index in [-0.39, 0.29) is 15.6 Å². The summed E-state index contributed by atoms with van der Waals surface area (Å²) in [5, 5.41) is 28.5. The molecule has 0 aliphatic rings. The number of halogens is 2. The smallest absolute Gasteiger partial charge is 0.360 e. The molecular formula is C18H12Cl2O8. The summed E-state index contributed by atoms with van der Waals surface area (Å²) >= 11 is 11.7. The monoisotopic (exact) mass is 426 g/mol. The maximum absolute atomic E-state index is 12.9. The Labute approximate surface area is 167 Å². The minimum atomic E-state index is -3.51. The van der Waals surface area contributed by atoms with E-state index < -0.39 is 41.0 Å². The summed E-state index contributed by atoms with van der Waals surface area (Å²) < 4.78 is 4.80. The summed E-state index contributed by atoms with van der Waals surface area (Å²) in [6.07, 6.45) is -2.93. The first kappa shape index (κ1) is 21.4. The van der Waals surface area contributed by atoms with Crippen LogP contribution in [0.25, 0.3) is 0 Å². The van der Waals surface area contributed by atoms with E-state index in [0.717, 1.165) is 6.07 Å². The van der Waals surface area contributed by atoms with E-state index in [0.29, 0.717) is 0 Å². The lowest BCUT2D eigenvalue weighted by atomic mass is 9.86. The van der Waals surface area contributed by atoms with Gasteiger partial charge in [0.1, 0.15) is 0 Å². The molecule has 0 radical (unpaired) electrons. The van der Waals surface area contributed by atoms with Crippen LogP contribution in [0, 0.1) is 0 Å². The fourth-order valence-corrected chi connectivity index (χ4v) is 2.77. The van der Waals surface area contributed by atoms with Crippen LogP contribution in [0.4, 0.5) is 0 Å². The molecule has 0 bridgehead atoms. The average molecular weight is 427 g/mol. The van der Waals surface area contributed by atoms with Gasteiger partial charge >= 0.3 is 23.5 Å². The maximum Gasteiger partial charge on any atom is 0.360 e. The minimum absolute atomic E-state index is 0.137. The second-order valence-electron chi connectivity index (χ2n) is 5.46. The minimum Gasteiger partial charge on any atom is -0.479 e. The number of Topliss-reactive ketones (excluding diaryl/α,β-unsaturated/α-hetero) is 1. The van der Waals surface area contributed by atoms with Crippen molar-refractivity contribution in [3.8, 4) is 0 Å². The molecule has 0 amide bonds. The third kappa shape index (κ3) is 3.84. The molecule has 8 nitrogen and oxygen atoms in total.